The summed E-state index contributed by atoms with van der Waals surface area (Å²) in [6.45, 7) is 2.09. The van der Waals surface area contributed by atoms with E-state index in [2.05, 4.69) is 0 Å². The Kier molecular flexibility index (Phi) is 4.84. The third-order valence-corrected chi connectivity index (χ3v) is 1.29. The van der Waals surface area contributed by atoms with Crippen molar-refractivity contribution in [1.82, 2.24) is 4.90 Å². The quantitative estimate of drug-likeness (QED) is 0.407. The van der Waals surface area contributed by atoms with E-state index in [9.17, 15) is 4.79 Å². The van der Waals surface area contributed by atoms with Crippen molar-refractivity contribution in [3.05, 3.63) is 0 Å². The average molecular weight is 160 g/mol. The van der Waals surface area contributed by atoms with Crippen molar-refractivity contribution in [2.75, 3.05) is 19.5 Å². The monoisotopic (exact) mass is 160 g/mol. The molecular weight excluding hydrogens is 147 g/mol. The van der Waals surface area contributed by atoms with Gasteiger partial charge in [0.25, 0.3) is 0 Å². The molecule has 0 aromatic carbocycles. The van der Waals surface area contributed by atoms with Crippen molar-refractivity contribution < 1.29 is 14.8 Å². The van der Waals surface area contributed by atoms with E-state index in [-0.39, 0.29) is 18.9 Å². The molecule has 0 radical (unpaired) electrons. The number of hydrogen-bond donors (Lipinski definition) is 3. The van der Waals surface area contributed by atoms with Gasteiger partial charge < -0.3 is 20.7 Å². The Morgan fingerprint density at radius 1 is 1.64 bits per heavy atom. The first-order valence-corrected chi connectivity index (χ1v) is 3.45. The first-order valence-electron chi connectivity index (χ1n) is 3.45. The molecule has 0 spiro atoms. The molecule has 0 aromatic heterocycles. The van der Waals surface area contributed by atoms with Gasteiger partial charge in [0.15, 0.2) is 0 Å². The number of carbonyl (C=O) groups is 1. The Labute approximate surface area is 65.9 Å². The maximum Gasteiger partial charge on any atom is 0.472 e. The van der Waals surface area contributed by atoms with Crippen LogP contribution in [0.25, 0.3) is 0 Å². The summed E-state index contributed by atoms with van der Waals surface area (Å²) in [6, 6.07) is 0. The maximum absolute atomic E-state index is 10.9. The molecule has 5 nitrogen and oxygen atoms in total. The van der Waals surface area contributed by atoms with Crippen LogP contribution < -0.4 is 5.73 Å². The highest BCUT2D eigenvalue weighted by Crippen LogP contribution is 1.87. The third-order valence-electron chi connectivity index (χ3n) is 1.29. The number of amides is 1. The molecule has 0 aliphatic rings. The van der Waals surface area contributed by atoms with Gasteiger partial charge in [-0.25, -0.2) is 0 Å². The van der Waals surface area contributed by atoms with E-state index < -0.39 is 7.12 Å². The Bertz CT molecular complexity index is 131. The molecule has 0 aliphatic heterocycles. The van der Waals surface area contributed by atoms with Crippen LogP contribution in [0.3, 0.4) is 0 Å². The van der Waals surface area contributed by atoms with Crippen molar-refractivity contribution in [2.24, 2.45) is 5.73 Å². The van der Waals surface area contributed by atoms with Gasteiger partial charge in [-0.15, -0.1) is 0 Å². The summed E-state index contributed by atoms with van der Waals surface area (Å²) in [5.41, 5.74) is 5.07. The number of carbonyl (C=O) groups excluding carboxylic acids is 1. The highest BCUT2D eigenvalue weighted by atomic mass is 16.4. The van der Waals surface area contributed by atoms with Gasteiger partial charge in [0.05, 0.1) is 13.0 Å². The van der Waals surface area contributed by atoms with Crippen LogP contribution in [0.15, 0.2) is 0 Å². The lowest BCUT2D eigenvalue weighted by molar-refractivity contribution is -0.128. The van der Waals surface area contributed by atoms with Crippen LogP contribution in [0.1, 0.15) is 6.92 Å². The molecule has 4 N–H and O–H groups in total. The predicted molar refractivity (Wildman–Crippen MR) is 41.5 cm³/mol. The summed E-state index contributed by atoms with van der Waals surface area (Å²) >= 11 is 0. The Hall–Kier alpha value is -0.585. The van der Waals surface area contributed by atoms with E-state index in [1.54, 1.807) is 6.92 Å². The molecule has 0 saturated carbocycles. The van der Waals surface area contributed by atoms with Gasteiger partial charge in [0.2, 0.25) is 5.91 Å². The molecule has 0 rings (SSSR count). The highest BCUT2D eigenvalue weighted by molar-refractivity contribution is 6.41. The van der Waals surface area contributed by atoms with Crippen LogP contribution in [0.4, 0.5) is 0 Å². The largest absolute Gasteiger partial charge is 0.472 e. The Balaban J connectivity index is 3.84. The smallest absolute Gasteiger partial charge is 0.426 e. The summed E-state index contributed by atoms with van der Waals surface area (Å²) in [7, 11) is -1.48. The number of rotatable bonds is 4. The molecule has 6 heteroatoms. The summed E-state index contributed by atoms with van der Waals surface area (Å²) in [4.78, 5) is 12.1. The van der Waals surface area contributed by atoms with Gasteiger partial charge in [0.1, 0.15) is 0 Å². The minimum Gasteiger partial charge on any atom is -0.426 e. The highest BCUT2D eigenvalue weighted by Gasteiger charge is 2.16. The van der Waals surface area contributed by atoms with Crippen molar-refractivity contribution in [2.45, 2.75) is 6.92 Å². The Morgan fingerprint density at radius 2 is 2.18 bits per heavy atom. The van der Waals surface area contributed by atoms with E-state index in [0.29, 0.717) is 6.54 Å². The van der Waals surface area contributed by atoms with E-state index in [4.69, 9.17) is 15.8 Å². The minimum absolute atomic E-state index is 0.0769. The zero-order valence-electron chi connectivity index (χ0n) is 6.53. The summed E-state index contributed by atoms with van der Waals surface area (Å²) in [6.07, 6.45) is -0.0769. The van der Waals surface area contributed by atoms with Crippen LogP contribution in [-0.4, -0.2) is 47.5 Å². The molecular formula is C5H13BN2O3. The van der Waals surface area contributed by atoms with Gasteiger partial charge in [-0.2, -0.15) is 0 Å². The summed E-state index contributed by atoms with van der Waals surface area (Å²) in [5, 5.41) is 17.0. The van der Waals surface area contributed by atoms with Gasteiger partial charge in [0, 0.05) is 6.54 Å². The van der Waals surface area contributed by atoms with E-state index in [1.807, 2.05) is 0 Å². The molecule has 11 heavy (non-hydrogen) atoms. The lowest BCUT2D eigenvalue weighted by atomic mass is 9.91. The molecule has 64 valence electrons. The number of nitrogens with zero attached hydrogens (tertiary/aromatic N) is 1. The maximum atomic E-state index is 10.9. The number of likely N-dealkylation sites (N-methyl/N-ethyl adjacent to an activating group) is 1. The normalized spacial score (nSPS) is 9.45. The lowest BCUT2D eigenvalue weighted by Crippen LogP contribution is -2.42. The fourth-order valence-electron chi connectivity index (χ4n) is 0.733. The van der Waals surface area contributed by atoms with Crippen LogP contribution in [-0.2, 0) is 4.79 Å². The lowest BCUT2D eigenvalue weighted by Gasteiger charge is -2.18. The van der Waals surface area contributed by atoms with Crippen molar-refractivity contribution in [1.29, 1.82) is 0 Å². The van der Waals surface area contributed by atoms with E-state index in [0.717, 1.165) is 0 Å². The van der Waals surface area contributed by atoms with Gasteiger partial charge in [-0.1, -0.05) is 0 Å². The molecule has 1 amide bonds. The van der Waals surface area contributed by atoms with Crippen LogP contribution >= 0.6 is 0 Å². The van der Waals surface area contributed by atoms with Crippen molar-refractivity contribution in [3.63, 3.8) is 0 Å². The second-order valence-electron chi connectivity index (χ2n) is 2.12. The van der Waals surface area contributed by atoms with Crippen LogP contribution in [0.2, 0.25) is 0 Å². The van der Waals surface area contributed by atoms with Gasteiger partial charge in [-0.05, 0) is 6.92 Å². The fraction of sp³-hybridized carbons (Fsp3) is 0.800. The molecule has 0 unspecified atom stereocenters. The molecule has 0 bridgehead atoms. The third kappa shape index (κ3) is 3.97. The zero-order chi connectivity index (χ0) is 8.85. The topological polar surface area (TPSA) is 86.8 Å². The first-order chi connectivity index (χ1) is 5.11. The summed E-state index contributed by atoms with van der Waals surface area (Å²) in [5.74, 6) is -0.277. The fourth-order valence-corrected chi connectivity index (χ4v) is 0.733. The number of hydrogen-bond acceptors (Lipinski definition) is 4. The molecule has 0 aromatic rings. The molecule has 0 heterocycles. The average Bonchev–Trinajstić information content (AvgIpc) is 1.98. The molecule has 0 fully saturated rings. The van der Waals surface area contributed by atoms with Crippen molar-refractivity contribution >= 4 is 13.0 Å². The zero-order valence-corrected chi connectivity index (χ0v) is 6.53. The Morgan fingerprint density at radius 3 is 2.45 bits per heavy atom. The second kappa shape index (κ2) is 5.12. The van der Waals surface area contributed by atoms with Crippen LogP contribution in [0, 0.1) is 0 Å². The van der Waals surface area contributed by atoms with E-state index in [1.165, 1.54) is 4.90 Å². The van der Waals surface area contributed by atoms with Crippen molar-refractivity contribution in [3.8, 4) is 0 Å². The van der Waals surface area contributed by atoms with Gasteiger partial charge in [-0.3, -0.25) is 4.79 Å². The van der Waals surface area contributed by atoms with E-state index >= 15 is 0 Å². The van der Waals surface area contributed by atoms with Crippen LogP contribution in [0.5, 0.6) is 0 Å². The molecule has 0 saturated heterocycles. The standard InChI is InChI=1S/C5H13BN2O3/c1-2-8(4-6(10)11)5(9)3-7/h10-11H,2-4,7H2,1H3. The molecule has 0 atom stereocenters. The minimum atomic E-state index is -1.48. The summed E-state index contributed by atoms with van der Waals surface area (Å²) < 4.78 is 0. The first kappa shape index (κ1) is 10.4. The number of nitrogens with two attached hydrogens (primary N) is 1. The SMILES string of the molecule is CCN(CB(O)O)C(=O)CN. The predicted octanol–water partition coefficient (Wildman–Crippen LogP) is -2.19. The second-order valence-corrected chi connectivity index (χ2v) is 2.12. The van der Waals surface area contributed by atoms with Gasteiger partial charge >= 0.3 is 7.12 Å². The molecule has 0 aliphatic carbocycles.